The first-order chi connectivity index (χ1) is 16.4. The van der Waals surface area contributed by atoms with Crippen LogP contribution >= 0.6 is 0 Å². The highest BCUT2D eigenvalue weighted by atomic mass is 19.1. The van der Waals surface area contributed by atoms with E-state index in [2.05, 4.69) is 25.5 Å². The van der Waals surface area contributed by atoms with E-state index in [0.717, 1.165) is 41.6 Å². The lowest BCUT2D eigenvalue weighted by atomic mass is 10.0. The Kier molecular flexibility index (Phi) is 7.08. The van der Waals surface area contributed by atoms with Crippen LogP contribution in [-0.2, 0) is 0 Å². The maximum absolute atomic E-state index is 14.0. The number of rotatable bonds is 8. The number of nitrogens with zero attached hydrogens (tertiary/aromatic N) is 3. The molecule has 6 nitrogen and oxygen atoms in total. The van der Waals surface area contributed by atoms with E-state index in [9.17, 15) is 13.6 Å². The first-order valence-corrected chi connectivity index (χ1v) is 10.9. The molecule has 1 atom stereocenters. The first kappa shape index (κ1) is 23.3. The van der Waals surface area contributed by atoms with Crippen molar-refractivity contribution in [2.75, 3.05) is 31.3 Å². The third-order valence-electron chi connectivity index (χ3n) is 5.46. The predicted octanol–water partition coefficient (Wildman–Crippen LogP) is 5.27. The fourth-order valence-corrected chi connectivity index (χ4v) is 3.74. The SMILES string of the molecule is CN(C)CCC(Nc1ncnc2ccccc12)c1cccc(NC(=O)c2c(F)cccc2F)c1. The average molecular weight is 462 g/mol. The Hall–Kier alpha value is -3.91. The van der Waals surface area contributed by atoms with Crippen molar-refractivity contribution >= 4 is 28.3 Å². The van der Waals surface area contributed by atoms with E-state index in [4.69, 9.17) is 0 Å². The molecule has 8 heteroatoms. The molecule has 174 valence electrons. The largest absolute Gasteiger partial charge is 0.363 e. The molecule has 34 heavy (non-hydrogen) atoms. The van der Waals surface area contributed by atoms with Crippen LogP contribution in [0.25, 0.3) is 10.9 Å². The van der Waals surface area contributed by atoms with Crippen LogP contribution in [-0.4, -0.2) is 41.4 Å². The minimum atomic E-state index is -0.908. The molecule has 0 aliphatic rings. The summed E-state index contributed by atoms with van der Waals surface area (Å²) in [6.45, 7) is 0.803. The van der Waals surface area contributed by atoms with Gasteiger partial charge in [0, 0.05) is 11.1 Å². The third-order valence-corrected chi connectivity index (χ3v) is 5.46. The van der Waals surface area contributed by atoms with Crippen LogP contribution in [0.2, 0.25) is 0 Å². The maximum Gasteiger partial charge on any atom is 0.261 e. The molecule has 0 radical (unpaired) electrons. The van der Waals surface area contributed by atoms with Crippen LogP contribution in [0, 0.1) is 11.6 Å². The summed E-state index contributed by atoms with van der Waals surface area (Å²) >= 11 is 0. The van der Waals surface area contributed by atoms with Crippen molar-refractivity contribution in [3.63, 3.8) is 0 Å². The Bertz CT molecular complexity index is 1290. The van der Waals surface area contributed by atoms with Crippen molar-refractivity contribution in [2.45, 2.75) is 12.5 Å². The smallest absolute Gasteiger partial charge is 0.261 e. The monoisotopic (exact) mass is 461 g/mol. The topological polar surface area (TPSA) is 70.2 Å². The summed E-state index contributed by atoms with van der Waals surface area (Å²) in [5.41, 5.74) is 1.56. The summed E-state index contributed by atoms with van der Waals surface area (Å²) < 4.78 is 28.1. The molecule has 4 rings (SSSR count). The highest BCUT2D eigenvalue weighted by Crippen LogP contribution is 2.28. The van der Waals surface area contributed by atoms with E-state index < -0.39 is 23.1 Å². The van der Waals surface area contributed by atoms with Gasteiger partial charge in [0.05, 0.1) is 11.6 Å². The van der Waals surface area contributed by atoms with Gasteiger partial charge >= 0.3 is 0 Å². The zero-order chi connectivity index (χ0) is 24.1. The van der Waals surface area contributed by atoms with Gasteiger partial charge in [-0.3, -0.25) is 4.79 Å². The van der Waals surface area contributed by atoms with Crippen LogP contribution < -0.4 is 10.6 Å². The molecule has 0 saturated carbocycles. The summed E-state index contributed by atoms with van der Waals surface area (Å²) in [6, 6.07) is 18.2. The van der Waals surface area contributed by atoms with Crippen molar-refractivity contribution < 1.29 is 13.6 Å². The Morgan fingerprint density at radius 3 is 2.47 bits per heavy atom. The average Bonchev–Trinajstić information content (AvgIpc) is 2.82. The summed E-state index contributed by atoms with van der Waals surface area (Å²) in [6.07, 6.45) is 2.28. The molecule has 0 saturated heterocycles. The summed E-state index contributed by atoms with van der Waals surface area (Å²) in [4.78, 5) is 23.4. The Balaban J connectivity index is 1.62. The first-order valence-electron chi connectivity index (χ1n) is 10.9. The third kappa shape index (κ3) is 5.35. The zero-order valence-corrected chi connectivity index (χ0v) is 18.9. The second-order valence-electron chi connectivity index (χ2n) is 8.20. The van der Waals surface area contributed by atoms with Gasteiger partial charge < -0.3 is 15.5 Å². The Labute approximate surface area is 196 Å². The lowest BCUT2D eigenvalue weighted by molar-refractivity contribution is 0.101. The number of carbonyl (C=O) groups is 1. The van der Waals surface area contributed by atoms with E-state index in [0.29, 0.717) is 11.5 Å². The normalized spacial score (nSPS) is 12.0. The minimum Gasteiger partial charge on any atom is -0.363 e. The molecular formula is C26H25F2N5O. The standard InChI is InChI=1S/C26H25F2N5O/c1-33(2)14-13-22(32-25-19-9-3-4-12-23(19)29-16-30-25)17-7-5-8-18(15-17)31-26(34)24-20(27)10-6-11-21(24)28/h3-12,15-16,22H,13-14H2,1-2H3,(H,31,34)(H,29,30,32). The van der Waals surface area contributed by atoms with E-state index in [1.54, 1.807) is 18.2 Å². The van der Waals surface area contributed by atoms with E-state index >= 15 is 0 Å². The van der Waals surface area contributed by atoms with Gasteiger partial charge in [0.15, 0.2) is 0 Å². The number of hydrogen-bond acceptors (Lipinski definition) is 5. The summed E-state index contributed by atoms with van der Waals surface area (Å²) in [5.74, 6) is -1.95. The predicted molar refractivity (Wildman–Crippen MR) is 130 cm³/mol. The van der Waals surface area contributed by atoms with Gasteiger partial charge in [0.25, 0.3) is 5.91 Å². The van der Waals surface area contributed by atoms with Crippen molar-refractivity contribution in [2.24, 2.45) is 0 Å². The Morgan fingerprint density at radius 1 is 0.971 bits per heavy atom. The van der Waals surface area contributed by atoms with Crippen LogP contribution in [0.4, 0.5) is 20.3 Å². The summed E-state index contributed by atoms with van der Waals surface area (Å²) in [5, 5.41) is 7.03. The number of fused-ring (bicyclic) bond motifs is 1. The van der Waals surface area contributed by atoms with Crippen molar-refractivity contribution in [1.29, 1.82) is 0 Å². The Morgan fingerprint density at radius 2 is 1.71 bits per heavy atom. The van der Waals surface area contributed by atoms with E-state index in [1.807, 2.05) is 44.4 Å². The lowest BCUT2D eigenvalue weighted by Crippen LogP contribution is -2.21. The number of nitrogens with one attached hydrogen (secondary N) is 2. The van der Waals surface area contributed by atoms with Gasteiger partial charge in [0.1, 0.15) is 29.3 Å². The van der Waals surface area contributed by atoms with Gasteiger partial charge in [0.2, 0.25) is 0 Å². The number of aromatic nitrogens is 2. The molecule has 1 unspecified atom stereocenters. The number of benzene rings is 3. The molecular weight excluding hydrogens is 436 g/mol. The van der Waals surface area contributed by atoms with Crippen LogP contribution in [0.5, 0.6) is 0 Å². The fourth-order valence-electron chi connectivity index (χ4n) is 3.74. The molecule has 3 aromatic carbocycles. The van der Waals surface area contributed by atoms with Gasteiger partial charge in [-0.05, 0) is 69.0 Å². The van der Waals surface area contributed by atoms with Gasteiger partial charge in [-0.1, -0.05) is 30.3 Å². The number of anilines is 2. The molecule has 0 spiro atoms. The quantitative estimate of drug-likeness (QED) is 0.374. The van der Waals surface area contributed by atoms with Crippen LogP contribution in [0.15, 0.2) is 73.1 Å². The summed E-state index contributed by atoms with van der Waals surface area (Å²) in [7, 11) is 3.99. The molecule has 0 fully saturated rings. The number of halogens is 2. The molecule has 1 aromatic heterocycles. The zero-order valence-electron chi connectivity index (χ0n) is 18.9. The molecule has 1 heterocycles. The fraction of sp³-hybridized carbons (Fsp3) is 0.192. The number of para-hydroxylation sites is 1. The highest BCUT2D eigenvalue weighted by Gasteiger charge is 2.19. The molecule has 4 aromatic rings. The molecule has 0 aliphatic carbocycles. The number of hydrogen-bond donors (Lipinski definition) is 2. The second kappa shape index (κ2) is 10.4. The second-order valence-corrected chi connectivity index (χ2v) is 8.20. The number of carbonyl (C=O) groups excluding carboxylic acids is 1. The lowest BCUT2D eigenvalue weighted by Gasteiger charge is -2.23. The maximum atomic E-state index is 14.0. The molecule has 2 N–H and O–H groups in total. The van der Waals surface area contributed by atoms with E-state index in [-0.39, 0.29) is 6.04 Å². The minimum absolute atomic E-state index is 0.136. The molecule has 0 aliphatic heterocycles. The van der Waals surface area contributed by atoms with E-state index in [1.165, 1.54) is 12.4 Å². The number of amides is 1. The van der Waals surface area contributed by atoms with Gasteiger partial charge in [-0.25, -0.2) is 18.7 Å². The van der Waals surface area contributed by atoms with Crippen LogP contribution in [0.3, 0.4) is 0 Å². The van der Waals surface area contributed by atoms with Crippen LogP contribution in [0.1, 0.15) is 28.4 Å². The highest BCUT2D eigenvalue weighted by molar-refractivity contribution is 6.04. The van der Waals surface area contributed by atoms with Gasteiger partial charge in [-0.2, -0.15) is 0 Å². The van der Waals surface area contributed by atoms with Gasteiger partial charge in [-0.15, -0.1) is 0 Å². The van der Waals surface area contributed by atoms with Crippen molar-refractivity contribution in [3.8, 4) is 0 Å². The van der Waals surface area contributed by atoms with Crippen molar-refractivity contribution in [1.82, 2.24) is 14.9 Å². The molecule has 0 bridgehead atoms. The molecule has 1 amide bonds. The van der Waals surface area contributed by atoms with Crippen molar-refractivity contribution in [3.05, 3.63) is 95.8 Å².